The Hall–Kier alpha value is -1.60. The fourth-order valence-corrected chi connectivity index (χ4v) is 5.92. The van der Waals surface area contributed by atoms with Gasteiger partial charge in [0.15, 0.2) is 0 Å². The number of nitrogens with zero attached hydrogens (tertiary/aromatic N) is 2. The highest BCUT2D eigenvalue weighted by molar-refractivity contribution is 7.92. The zero-order chi connectivity index (χ0) is 20.0. The van der Waals surface area contributed by atoms with Crippen LogP contribution in [-0.4, -0.2) is 57.2 Å². The van der Waals surface area contributed by atoms with Gasteiger partial charge < -0.3 is 10.2 Å². The molecule has 1 aromatic rings. The van der Waals surface area contributed by atoms with Gasteiger partial charge in [0.25, 0.3) is 5.91 Å². The lowest BCUT2D eigenvalue weighted by Crippen LogP contribution is -2.40. The van der Waals surface area contributed by atoms with Crippen LogP contribution in [-0.2, 0) is 10.0 Å². The summed E-state index contributed by atoms with van der Waals surface area (Å²) >= 11 is 0. The molecule has 156 valence electrons. The Kier molecular flexibility index (Phi) is 7.35. The van der Waals surface area contributed by atoms with Crippen LogP contribution in [0.15, 0.2) is 24.3 Å². The van der Waals surface area contributed by atoms with Crippen molar-refractivity contribution in [3.05, 3.63) is 29.8 Å². The number of amides is 1. The number of anilines is 1. The predicted molar refractivity (Wildman–Crippen MR) is 113 cm³/mol. The van der Waals surface area contributed by atoms with Gasteiger partial charge in [-0.15, -0.1) is 0 Å². The summed E-state index contributed by atoms with van der Waals surface area (Å²) in [4.78, 5) is 15.1. The van der Waals surface area contributed by atoms with Crippen molar-refractivity contribution in [2.45, 2.75) is 57.9 Å². The highest BCUT2D eigenvalue weighted by atomic mass is 32.2. The summed E-state index contributed by atoms with van der Waals surface area (Å²) in [5.41, 5.74) is 1.11. The summed E-state index contributed by atoms with van der Waals surface area (Å²) in [5.74, 6) is 0.0422. The molecule has 0 aromatic heterocycles. The van der Waals surface area contributed by atoms with Crippen LogP contribution < -0.4 is 9.62 Å². The number of rotatable bonds is 7. The third-order valence-corrected chi connectivity index (χ3v) is 7.74. The third-order valence-electron chi connectivity index (χ3n) is 5.87. The van der Waals surface area contributed by atoms with E-state index in [1.807, 2.05) is 0 Å². The van der Waals surface area contributed by atoms with Gasteiger partial charge in [0.05, 0.1) is 11.4 Å². The molecule has 0 spiro atoms. The Morgan fingerprint density at radius 3 is 2.79 bits per heavy atom. The van der Waals surface area contributed by atoms with Gasteiger partial charge in [0.2, 0.25) is 10.0 Å². The van der Waals surface area contributed by atoms with E-state index in [9.17, 15) is 13.2 Å². The minimum atomic E-state index is -3.26. The van der Waals surface area contributed by atoms with Crippen molar-refractivity contribution in [1.82, 2.24) is 10.2 Å². The zero-order valence-corrected chi connectivity index (χ0v) is 17.7. The summed E-state index contributed by atoms with van der Waals surface area (Å²) in [5, 5.41) is 2.99. The molecular formula is C21H33N3O3S. The normalized spacial score (nSPS) is 22.8. The average Bonchev–Trinajstić information content (AvgIpc) is 2.71. The SMILES string of the molecule is CC[C@H]1CCCCN1CCCNC(=O)c1cccc(N2CCCCS2(=O)=O)c1. The molecule has 1 N–H and O–H groups in total. The molecule has 28 heavy (non-hydrogen) atoms. The van der Waals surface area contributed by atoms with Crippen molar-refractivity contribution in [2.75, 3.05) is 36.2 Å². The highest BCUT2D eigenvalue weighted by Gasteiger charge is 2.26. The molecule has 2 saturated heterocycles. The lowest BCUT2D eigenvalue weighted by molar-refractivity contribution is 0.0947. The Balaban J connectivity index is 1.52. The number of hydrogen-bond acceptors (Lipinski definition) is 4. The maximum Gasteiger partial charge on any atom is 0.251 e. The number of carbonyl (C=O) groups is 1. The van der Waals surface area contributed by atoms with Crippen molar-refractivity contribution >= 4 is 21.6 Å². The fourth-order valence-electron chi connectivity index (χ4n) is 4.28. The van der Waals surface area contributed by atoms with E-state index in [-0.39, 0.29) is 11.7 Å². The number of piperidine rings is 1. The highest BCUT2D eigenvalue weighted by Crippen LogP contribution is 2.24. The third kappa shape index (κ3) is 5.26. The molecule has 0 aliphatic carbocycles. The molecular weight excluding hydrogens is 374 g/mol. The lowest BCUT2D eigenvalue weighted by atomic mass is 10.00. The maximum absolute atomic E-state index is 12.5. The molecule has 1 aromatic carbocycles. The van der Waals surface area contributed by atoms with E-state index >= 15 is 0 Å². The topological polar surface area (TPSA) is 69.7 Å². The molecule has 2 fully saturated rings. The van der Waals surface area contributed by atoms with E-state index in [1.54, 1.807) is 24.3 Å². The van der Waals surface area contributed by atoms with Crippen LogP contribution in [0, 0.1) is 0 Å². The van der Waals surface area contributed by atoms with E-state index in [0.717, 1.165) is 19.4 Å². The molecule has 1 atom stereocenters. The molecule has 6 nitrogen and oxygen atoms in total. The fraction of sp³-hybridized carbons (Fsp3) is 0.667. The number of nitrogens with one attached hydrogen (secondary N) is 1. The Morgan fingerprint density at radius 2 is 2.00 bits per heavy atom. The van der Waals surface area contributed by atoms with Gasteiger partial charge >= 0.3 is 0 Å². The molecule has 3 rings (SSSR count). The molecule has 0 radical (unpaired) electrons. The van der Waals surface area contributed by atoms with Crippen LogP contribution in [0.5, 0.6) is 0 Å². The van der Waals surface area contributed by atoms with E-state index in [0.29, 0.717) is 36.8 Å². The van der Waals surface area contributed by atoms with E-state index < -0.39 is 10.0 Å². The van der Waals surface area contributed by atoms with Gasteiger partial charge in [-0.05, 0) is 63.3 Å². The Bertz CT molecular complexity index is 766. The van der Waals surface area contributed by atoms with Crippen molar-refractivity contribution in [1.29, 1.82) is 0 Å². The smallest absolute Gasteiger partial charge is 0.251 e. The van der Waals surface area contributed by atoms with Crippen LogP contribution in [0.2, 0.25) is 0 Å². The van der Waals surface area contributed by atoms with Crippen molar-refractivity contribution in [3.8, 4) is 0 Å². The van der Waals surface area contributed by atoms with Crippen LogP contribution in [0.25, 0.3) is 0 Å². The van der Waals surface area contributed by atoms with Gasteiger partial charge in [-0.2, -0.15) is 0 Å². The number of hydrogen-bond donors (Lipinski definition) is 1. The largest absolute Gasteiger partial charge is 0.352 e. The average molecular weight is 408 g/mol. The van der Waals surface area contributed by atoms with Gasteiger partial charge in [0, 0.05) is 31.2 Å². The lowest BCUT2D eigenvalue weighted by Gasteiger charge is -2.35. The Labute approximate surface area is 169 Å². The predicted octanol–water partition coefficient (Wildman–Crippen LogP) is 3.00. The standard InChI is InChI=1S/C21H33N3O3S/c1-2-19-10-3-4-13-23(19)14-8-12-22-21(25)18-9-7-11-20(17-18)24-15-5-6-16-28(24,26)27/h7,9,11,17,19H,2-6,8,10,12-16H2,1H3,(H,22,25)/t19-/m0/s1. The van der Waals surface area contributed by atoms with Crippen LogP contribution in [0.3, 0.4) is 0 Å². The summed E-state index contributed by atoms with van der Waals surface area (Å²) in [6.07, 6.45) is 7.57. The molecule has 0 unspecified atom stereocenters. The minimum Gasteiger partial charge on any atom is -0.352 e. The monoisotopic (exact) mass is 407 g/mol. The zero-order valence-electron chi connectivity index (χ0n) is 16.9. The van der Waals surface area contributed by atoms with Gasteiger partial charge in [0.1, 0.15) is 0 Å². The molecule has 1 amide bonds. The first-order valence-corrected chi connectivity index (χ1v) is 12.2. The number of sulfonamides is 1. The molecule has 0 bridgehead atoms. The summed E-state index contributed by atoms with van der Waals surface area (Å²) < 4.78 is 26.0. The molecule has 2 aliphatic rings. The second kappa shape index (κ2) is 9.74. The van der Waals surface area contributed by atoms with Crippen LogP contribution in [0.4, 0.5) is 5.69 Å². The molecule has 2 heterocycles. The van der Waals surface area contributed by atoms with Crippen LogP contribution in [0.1, 0.15) is 62.2 Å². The first kappa shape index (κ1) is 21.1. The second-order valence-corrected chi connectivity index (χ2v) is 9.86. The molecule has 2 aliphatic heterocycles. The number of carbonyl (C=O) groups excluding carboxylic acids is 1. The maximum atomic E-state index is 12.5. The second-order valence-electron chi connectivity index (χ2n) is 7.85. The van der Waals surface area contributed by atoms with Crippen molar-refractivity contribution in [3.63, 3.8) is 0 Å². The summed E-state index contributed by atoms with van der Waals surface area (Å²) in [7, 11) is -3.26. The first-order valence-electron chi connectivity index (χ1n) is 10.6. The quantitative estimate of drug-likeness (QED) is 0.706. The van der Waals surface area contributed by atoms with E-state index in [4.69, 9.17) is 0 Å². The number of benzene rings is 1. The van der Waals surface area contributed by atoms with Gasteiger partial charge in [-0.1, -0.05) is 19.4 Å². The summed E-state index contributed by atoms with van der Waals surface area (Å²) in [6, 6.07) is 7.64. The number of likely N-dealkylation sites (tertiary alicyclic amines) is 1. The summed E-state index contributed by atoms with van der Waals surface area (Å²) in [6.45, 7) is 5.56. The van der Waals surface area contributed by atoms with E-state index in [2.05, 4.69) is 17.1 Å². The van der Waals surface area contributed by atoms with E-state index in [1.165, 1.54) is 36.5 Å². The van der Waals surface area contributed by atoms with Crippen LogP contribution >= 0.6 is 0 Å². The van der Waals surface area contributed by atoms with Crippen molar-refractivity contribution < 1.29 is 13.2 Å². The first-order chi connectivity index (χ1) is 13.5. The minimum absolute atomic E-state index is 0.137. The Morgan fingerprint density at radius 1 is 1.18 bits per heavy atom. The molecule has 0 saturated carbocycles. The van der Waals surface area contributed by atoms with Gasteiger partial charge in [-0.3, -0.25) is 9.10 Å². The van der Waals surface area contributed by atoms with Gasteiger partial charge in [-0.25, -0.2) is 8.42 Å². The van der Waals surface area contributed by atoms with Crippen molar-refractivity contribution in [2.24, 2.45) is 0 Å². The molecule has 7 heteroatoms.